The van der Waals surface area contributed by atoms with Crippen molar-refractivity contribution in [3.63, 3.8) is 0 Å². The molecule has 2 atom stereocenters. The number of halogens is 1. The average Bonchev–Trinajstić information content (AvgIpc) is 2.89. The van der Waals surface area contributed by atoms with Gasteiger partial charge in [0.1, 0.15) is 5.82 Å². The van der Waals surface area contributed by atoms with Gasteiger partial charge < -0.3 is 4.98 Å². The minimum absolute atomic E-state index is 0.189. The lowest BCUT2D eigenvalue weighted by Gasteiger charge is -2.22. The quantitative estimate of drug-likeness (QED) is 0.679. The second kappa shape index (κ2) is 5.99. The lowest BCUT2D eigenvalue weighted by atomic mass is 9.81. The Morgan fingerprint density at radius 3 is 2.83 bits per heavy atom. The molecule has 2 heteroatoms. The Bertz CT molecular complexity index is 794. The zero-order chi connectivity index (χ0) is 16.7. The van der Waals surface area contributed by atoms with E-state index >= 15 is 0 Å². The van der Waals surface area contributed by atoms with Crippen LogP contribution in [0.2, 0.25) is 0 Å². The molecule has 2 unspecified atom stereocenters. The third-order valence-corrected chi connectivity index (χ3v) is 5.28. The van der Waals surface area contributed by atoms with Crippen LogP contribution in [-0.2, 0) is 6.42 Å². The van der Waals surface area contributed by atoms with Crippen molar-refractivity contribution in [1.29, 1.82) is 0 Å². The van der Waals surface area contributed by atoms with E-state index < -0.39 is 0 Å². The molecule has 1 aliphatic carbocycles. The molecule has 1 aromatic heterocycles. The summed E-state index contributed by atoms with van der Waals surface area (Å²) in [7, 11) is 0. The minimum Gasteiger partial charge on any atom is -0.358 e. The maximum Gasteiger partial charge on any atom is 0.125 e. The van der Waals surface area contributed by atoms with Crippen molar-refractivity contribution in [2.24, 2.45) is 11.8 Å². The highest BCUT2D eigenvalue weighted by atomic mass is 19.1. The fraction of sp³-hybridized carbons (Fsp3) is 0.429. The largest absolute Gasteiger partial charge is 0.358 e. The molecule has 0 saturated carbocycles. The molecule has 0 radical (unpaired) electrons. The van der Waals surface area contributed by atoms with E-state index in [2.05, 4.69) is 45.3 Å². The summed E-state index contributed by atoms with van der Waals surface area (Å²) in [4.78, 5) is 3.48. The SMILES string of the molecule is C=C(c1cc(F)cc2[nH]c3c(c12)/C(=C\C)CC(C)C3)C(C)CC. The molecular formula is C21H26FN. The molecule has 0 aliphatic heterocycles. The molecule has 0 saturated heterocycles. The monoisotopic (exact) mass is 311 g/mol. The summed E-state index contributed by atoms with van der Waals surface area (Å²) in [6.07, 6.45) is 5.33. The number of benzene rings is 1. The number of allylic oxidation sites excluding steroid dienone is 3. The van der Waals surface area contributed by atoms with Crippen molar-refractivity contribution in [3.05, 3.63) is 47.4 Å². The summed E-state index contributed by atoms with van der Waals surface area (Å²) in [6, 6.07) is 3.29. The molecule has 1 aliphatic rings. The summed E-state index contributed by atoms with van der Waals surface area (Å²) >= 11 is 0. The molecular weight excluding hydrogens is 285 g/mol. The van der Waals surface area contributed by atoms with Crippen LogP contribution in [0, 0.1) is 17.7 Å². The van der Waals surface area contributed by atoms with E-state index in [0.717, 1.165) is 41.3 Å². The van der Waals surface area contributed by atoms with E-state index in [4.69, 9.17) is 0 Å². The van der Waals surface area contributed by atoms with E-state index in [0.29, 0.717) is 11.8 Å². The fourth-order valence-corrected chi connectivity index (χ4v) is 3.78. The van der Waals surface area contributed by atoms with Gasteiger partial charge in [-0.25, -0.2) is 4.39 Å². The van der Waals surface area contributed by atoms with Gasteiger partial charge in [-0.15, -0.1) is 0 Å². The van der Waals surface area contributed by atoms with Crippen LogP contribution in [-0.4, -0.2) is 4.98 Å². The Balaban J connectivity index is 2.32. The zero-order valence-corrected chi connectivity index (χ0v) is 14.6. The predicted molar refractivity (Wildman–Crippen MR) is 97.9 cm³/mol. The molecule has 0 amide bonds. The lowest BCUT2D eigenvalue weighted by Crippen LogP contribution is -2.10. The van der Waals surface area contributed by atoms with Crippen LogP contribution >= 0.6 is 0 Å². The van der Waals surface area contributed by atoms with Crippen molar-refractivity contribution in [2.75, 3.05) is 0 Å². The van der Waals surface area contributed by atoms with E-state index in [1.807, 2.05) is 0 Å². The van der Waals surface area contributed by atoms with Gasteiger partial charge in [0.15, 0.2) is 0 Å². The summed E-state index contributed by atoms with van der Waals surface area (Å²) in [5.41, 5.74) is 6.82. The van der Waals surface area contributed by atoms with Crippen LogP contribution in [0.1, 0.15) is 57.4 Å². The van der Waals surface area contributed by atoms with Crippen LogP contribution in [0.25, 0.3) is 22.0 Å². The van der Waals surface area contributed by atoms with Gasteiger partial charge in [-0.05, 0) is 66.9 Å². The molecule has 1 heterocycles. The highest BCUT2D eigenvalue weighted by molar-refractivity contribution is 6.02. The molecule has 0 bridgehead atoms. The average molecular weight is 311 g/mol. The summed E-state index contributed by atoms with van der Waals surface area (Å²) in [6.45, 7) is 13.0. The zero-order valence-electron chi connectivity index (χ0n) is 14.6. The molecule has 1 aromatic carbocycles. The molecule has 0 fully saturated rings. The number of fused-ring (bicyclic) bond motifs is 3. The first kappa shape index (κ1) is 16.0. The Kier molecular flexibility index (Phi) is 4.18. The Morgan fingerprint density at radius 2 is 2.17 bits per heavy atom. The highest BCUT2D eigenvalue weighted by Gasteiger charge is 2.26. The van der Waals surface area contributed by atoms with E-state index in [9.17, 15) is 4.39 Å². The molecule has 2 aromatic rings. The van der Waals surface area contributed by atoms with Gasteiger partial charge in [-0.2, -0.15) is 0 Å². The van der Waals surface area contributed by atoms with Crippen LogP contribution in [0.3, 0.4) is 0 Å². The lowest BCUT2D eigenvalue weighted by molar-refractivity contribution is 0.575. The highest BCUT2D eigenvalue weighted by Crippen LogP contribution is 2.42. The number of nitrogens with one attached hydrogen (secondary N) is 1. The number of H-pyrrole nitrogens is 1. The second-order valence-electron chi connectivity index (χ2n) is 7.02. The minimum atomic E-state index is -0.189. The van der Waals surface area contributed by atoms with Gasteiger partial charge in [0.25, 0.3) is 0 Å². The molecule has 122 valence electrons. The third-order valence-electron chi connectivity index (χ3n) is 5.28. The molecule has 1 N–H and O–H groups in total. The Labute approximate surface area is 138 Å². The number of hydrogen-bond donors (Lipinski definition) is 1. The van der Waals surface area contributed by atoms with Crippen LogP contribution in [0.5, 0.6) is 0 Å². The summed E-state index contributed by atoms with van der Waals surface area (Å²) < 4.78 is 14.2. The van der Waals surface area contributed by atoms with Crippen molar-refractivity contribution in [2.45, 2.75) is 47.0 Å². The number of hydrogen-bond acceptors (Lipinski definition) is 0. The topological polar surface area (TPSA) is 15.8 Å². The van der Waals surface area contributed by atoms with Gasteiger partial charge in [-0.3, -0.25) is 0 Å². The predicted octanol–water partition coefficient (Wildman–Crippen LogP) is 6.35. The van der Waals surface area contributed by atoms with Crippen molar-refractivity contribution in [3.8, 4) is 0 Å². The first-order chi connectivity index (χ1) is 11.0. The standard InChI is InChI=1S/C21H26FN/c1-6-13(4)14(5)17-10-16(22)11-19-21(17)20-15(7-2)8-12(3)9-18(20)23-19/h7,10-13,23H,5-6,8-9H2,1-4H3/b15-7-. The van der Waals surface area contributed by atoms with Crippen molar-refractivity contribution in [1.82, 2.24) is 4.98 Å². The fourth-order valence-electron chi connectivity index (χ4n) is 3.78. The van der Waals surface area contributed by atoms with Crippen molar-refractivity contribution < 1.29 is 4.39 Å². The molecule has 0 spiro atoms. The molecule has 3 rings (SSSR count). The Hall–Kier alpha value is -1.83. The van der Waals surface area contributed by atoms with Gasteiger partial charge in [-0.1, -0.05) is 33.4 Å². The number of aromatic amines is 1. The molecule has 23 heavy (non-hydrogen) atoms. The second-order valence-corrected chi connectivity index (χ2v) is 7.02. The maximum atomic E-state index is 14.2. The van der Waals surface area contributed by atoms with E-state index in [1.165, 1.54) is 16.8 Å². The molecule has 1 nitrogen and oxygen atoms in total. The first-order valence-electron chi connectivity index (χ1n) is 8.65. The normalized spacial score (nSPS) is 20.7. The summed E-state index contributed by atoms with van der Waals surface area (Å²) in [5.74, 6) is 0.778. The summed E-state index contributed by atoms with van der Waals surface area (Å²) in [5, 5.41) is 1.16. The van der Waals surface area contributed by atoms with Gasteiger partial charge in [0, 0.05) is 22.2 Å². The van der Waals surface area contributed by atoms with Crippen LogP contribution in [0.15, 0.2) is 24.8 Å². The van der Waals surface area contributed by atoms with E-state index in [-0.39, 0.29) is 5.82 Å². The van der Waals surface area contributed by atoms with Gasteiger partial charge in [0.05, 0.1) is 0 Å². The maximum absolute atomic E-state index is 14.2. The first-order valence-corrected chi connectivity index (χ1v) is 8.65. The van der Waals surface area contributed by atoms with Gasteiger partial charge in [0.2, 0.25) is 0 Å². The smallest absolute Gasteiger partial charge is 0.125 e. The van der Waals surface area contributed by atoms with Crippen LogP contribution < -0.4 is 0 Å². The number of rotatable bonds is 3. The van der Waals surface area contributed by atoms with E-state index in [1.54, 1.807) is 12.1 Å². The van der Waals surface area contributed by atoms with Crippen molar-refractivity contribution >= 4 is 22.0 Å². The van der Waals surface area contributed by atoms with Gasteiger partial charge >= 0.3 is 0 Å². The third kappa shape index (κ3) is 2.65. The van der Waals surface area contributed by atoms with Crippen LogP contribution in [0.4, 0.5) is 4.39 Å². The Morgan fingerprint density at radius 1 is 1.43 bits per heavy atom. The number of aromatic nitrogens is 1.